The summed E-state index contributed by atoms with van der Waals surface area (Å²) in [5.41, 5.74) is -0.162. The minimum Gasteiger partial charge on any atom is -0.412 e. The number of aliphatic hydroxyl groups is 4. The van der Waals surface area contributed by atoms with Crippen LogP contribution in [0.4, 0.5) is 0 Å². The predicted octanol–water partition coefficient (Wildman–Crippen LogP) is -2.70. The lowest BCUT2D eigenvalue weighted by Crippen LogP contribution is -2.62. The number of rotatable bonds is 0. The Morgan fingerprint density at radius 3 is 1.52 bits per heavy atom. The molecule has 4 fully saturated rings. The number of hydrogen-bond donors (Lipinski definition) is 4. The van der Waals surface area contributed by atoms with E-state index in [9.17, 15) is 20.4 Å². The quantitative estimate of drug-likeness (QED) is 0.359. The number of hydrogen-bond acceptors (Lipinski definition) is 6. The summed E-state index contributed by atoms with van der Waals surface area (Å²) < 4.78 is 12.4. The van der Waals surface area contributed by atoms with Crippen molar-refractivity contribution in [3.63, 3.8) is 0 Å². The second-order valence-electron chi connectivity index (χ2n) is 8.37. The Balaban J connectivity index is 0.00000104. The molecule has 3 saturated carbocycles. The van der Waals surface area contributed by atoms with E-state index >= 15 is 0 Å². The van der Waals surface area contributed by atoms with E-state index in [1.165, 1.54) is 0 Å². The van der Waals surface area contributed by atoms with E-state index in [0.29, 0.717) is 5.92 Å². The zero-order valence-electron chi connectivity index (χ0n) is 14.8. The van der Waals surface area contributed by atoms with Crippen LogP contribution in [0.3, 0.4) is 0 Å². The fourth-order valence-corrected chi connectivity index (χ4v) is 5.46. The first-order valence-electron chi connectivity index (χ1n) is 8.22. The summed E-state index contributed by atoms with van der Waals surface area (Å²) in [5.74, 6) is -0.373. The maximum atomic E-state index is 10.2. The van der Waals surface area contributed by atoms with Crippen LogP contribution >= 0.6 is 0 Å². The largest absolute Gasteiger partial charge is 0.412 e. The molecule has 0 radical (unpaired) electrons. The predicted molar refractivity (Wildman–Crippen MR) is 86.6 cm³/mol. The van der Waals surface area contributed by atoms with Crippen molar-refractivity contribution >= 4 is 0 Å². The van der Waals surface area contributed by atoms with Crippen LogP contribution in [0.25, 0.3) is 0 Å². The van der Waals surface area contributed by atoms with Gasteiger partial charge in [0.05, 0.1) is 0 Å². The second kappa shape index (κ2) is 6.36. The van der Waals surface area contributed by atoms with E-state index < -0.39 is 42.4 Å². The van der Waals surface area contributed by atoms with Crippen molar-refractivity contribution in [2.45, 2.75) is 82.4 Å². The molecule has 25 heavy (non-hydrogen) atoms. The SMILES string of the molecule is CC1(C)[C@H]2CC[C@]1(C)C1(C2)O[C@@H]2[C@@H](O)[C@H](O)[C@@H](O)[C@H](O)[C@@H]2O1.O.O.O. The van der Waals surface area contributed by atoms with Gasteiger partial charge in [0.2, 0.25) is 0 Å². The summed E-state index contributed by atoms with van der Waals surface area (Å²) in [6.07, 6.45) is -4.13. The molecule has 0 aromatic heterocycles. The molecule has 4 rings (SSSR count). The van der Waals surface area contributed by atoms with Crippen LogP contribution in [0.5, 0.6) is 0 Å². The van der Waals surface area contributed by atoms with E-state index in [4.69, 9.17) is 9.47 Å². The highest BCUT2D eigenvalue weighted by Gasteiger charge is 2.75. The van der Waals surface area contributed by atoms with E-state index in [-0.39, 0.29) is 27.3 Å². The van der Waals surface area contributed by atoms with Gasteiger partial charge in [-0.25, -0.2) is 0 Å². The molecule has 9 atom stereocenters. The van der Waals surface area contributed by atoms with Gasteiger partial charge in [-0.1, -0.05) is 20.8 Å². The topological polar surface area (TPSA) is 194 Å². The van der Waals surface area contributed by atoms with Crippen LogP contribution in [-0.2, 0) is 9.47 Å². The molecule has 150 valence electrons. The Bertz CT molecular complexity index is 476. The molecule has 1 heterocycles. The van der Waals surface area contributed by atoms with Gasteiger partial charge < -0.3 is 46.3 Å². The molecule has 3 aliphatic carbocycles. The van der Waals surface area contributed by atoms with Crippen molar-refractivity contribution < 1.29 is 46.3 Å². The number of aliphatic hydroxyl groups excluding tert-OH is 4. The summed E-state index contributed by atoms with van der Waals surface area (Å²) in [7, 11) is 0. The molecule has 2 bridgehead atoms. The van der Waals surface area contributed by atoms with E-state index in [2.05, 4.69) is 20.8 Å². The van der Waals surface area contributed by atoms with Gasteiger partial charge in [-0.2, -0.15) is 0 Å². The highest BCUT2D eigenvalue weighted by molar-refractivity contribution is 5.19. The Labute approximate surface area is 146 Å². The maximum Gasteiger partial charge on any atom is 0.175 e. The van der Waals surface area contributed by atoms with Gasteiger partial charge in [-0.3, -0.25) is 0 Å². The molecule has 9 nitrogen and oxygen atoms in total. The lowest BCUT2D eigenvalue weighted by molar-refractivity contribution is -0.256. The van der Waals surface area contributed by atoms with E-state index in [1.54, 1.807) is 0 Å². The minimum absolute atomic E-state index is 0. The first kappa shape index (κ1) is 22.7. The fraction of sp³-hybridized carbons (Fsp3) is 1.00. The summed E-state index contributed by atoms with van der Waals surface area (Å²) >= 11 is 0. The summed E-state index contributed by atoms with van der Waals surface area (Å²) in [6.45, 7) is 6.61. The van der Waals surface area contributed by atoms with Crippen LogP contribution in [-0.4, -0.2) is 79.3 Å². The Morgan fingerprint density at radius 2 is 1.20 bits per heavy atom. The lowest BCUT2D eigenvalue weighted by Gasteiger charge is -2.45. The molecule has 0 amide bonds. The van der Waals surface area contributed by atoms with Crippen molar-refractivity contribution in [1.82, 2.24) is 0 Å². The lowest BCUT2D eigenvalue weighted by atomic mass is 9.68. The average molecular weight is 368 g/mol. The molecular formula is C16H32O9. The highest BCUT2D eigenvalue weighted by atomic mass is 16.8. The third kappa shape index (κ3) is 2.35. The molecule has 1 saturated heterocycles. The van der Waals surface area contributed by atoms with Crippen molar-refractivity contribution in [2.24, 2.45) is 16.7 Å². The van der Waals surface area contributed by atoms with E-state index in [0.717, 1.165) is 19.3 Å². The minimum atomic E-state index is -1.42. The molecule has 1 aliphatic heterocycles. The molecule has 1 unspecified atom stereocenters. The van der Waals surface area contributed by atoms with Crippen molar-refractivity contribution in [3.05, 3.63) is 0 Å². The molecule has 4 aliphatic rings. The summed E-state index contributed by atoms with van der Waals surface area (Å²) in [5, 5.41) is 40.3. The third-order valence-corrected chi connectivity index (χ3v) is 7.49. The van der Waals surface area contributed by atoms with Crippen LogP contribution in [0, 0.1) is 16.7 Å². The first-order chi connectivity index (χ1) is 10.1. The Morgan fingerprint density at radius 1 is 0.760 bits per heavy atom. The average Bonchev–Trinajstić information content (AvgIpc) is 3.01. The molecule has 10 N–H and O–H groups in total. The molecule has 9 heteroatoms. The maximum absolute atomic E-state index is 10.2. The third-order valence-electron chi connectivity index (χ3n) is 7.49. The fourth-order valence-electron chi connectivity index (χ4n) is 5.46. The number of ether oxygens (including phenoxy) is 2. The first-order valence-corrected chi connectivity index (χ1v) is 8.22. The summed E-state index contributed by atoms with van der Waals surface area (Å²) in [4.78, 5) is 0. The summed E-state index contributed by atoms with van der Waals surface area (Å²) in [6, 6.07) is 0. The molecule has 1 spiro atoms. The van der Waals surface area contributed by atoms with Crippen molar-refractivity contribution in [3.8, 4) is 0 Å². The smallest absolute Gasteiger partial charge is 0.175 e. The highest BCUT2D eigenvalue weighted by Crippen LogP contribution is 2.72. The van der Waals surface area contributed by atoms with Gasteiger partial charge in [0.25, 0.3) is 0 Å². The van der Waals surface area contributed by atoms with Crippen molar-refractivity contribution in [1.29, 1.82) is 0 Å². The van der Waals surface area contributed by atoms with Crippen LogP contribution in [0.1, 0.15) is 40.0 Å². The van der Waals surface area contributed by atoms with Gasteiger partial charge >= 0.3 is 0 Å². The zero-order valence-corrected chi connectivity index (χ0v) is 14.8. The normalized spacial score (nSPS) is 55.1. The zero-order chi connectivity index (χ0) is 16.1. The van der Waals surface area contributed by atoms with Gasteiger partial charge in [0.1, 0.15) is 36.6 Å². The Hall–Kier alpha value is -0.360. The monoisotopic (exact) mass is 368 g/mol. The molecule has 0 aromatic rings. The van der Waals surface area contributed by atoms with Crippen LogP contribution in [0.15, 0.2) is 0 Å². The number of fused-ring (bicyclic) bond motifs is 4. The standard InChI is InChI=1S/C16H26O6.3H2O/c1-14(2)7-4-5-15(14,3)16(6-7)21-12-10(19)8(17)9(18)11(20)13(12)22-16;;;/h7-13,17-20H,4-6H2,1-3H3;3*1H2/t7-,8+,9+,10-,11-,12-,13+,15-,16?;;;/m0.../s1. The van der Waals surface area contributed by atoms with Crippen molar-refractivity contribution in [2.75, 3.05) is 0 Å². The molecular weight excluding hydrogens is 336 g/mol. The van der Waals surface area contributed by atoms with Gasteiger partial charge in [0.15, 0.2) is 5.79 Å². The van der Waals surface area contributed by atoms with Gasteiger partial charge in [0, 0.05) is 11.8 Å². The van der Waals surface area contributed by atoms with E-state index in [1.807, 2.05) is 0 Å². The van der Waals surface area contributed by atoms with Crippen LogP contribution < -0.4 is 0 Å². The Kier molecular flexibility index (Phi) is 5.77. The van der Waals surface area contributed by atoms with Gasteiger partial charge in [-0.05, 0) is 24.2 Å². The molecule has 0 aromatic carbocycles. The second-order valence-corrected chi connectivity index (χ2v) is 8.37. The van der Waals surface area contributed by atoms with Crippen LogP contribution in [0.2, 0.25) is 0 Å². The van der Waals surface area contributed by atoms with Gasteiger partial charge in [-0.15, -0.1) is 0 Å².